The van der Waals surface area contributed by atoms with Gasteiger partial charge < -0.3 is 24.2 Å². The molecule has 296 valence electrons. The molecule has 2 aliphatic rings. The molecule has 4 aromatic heterocycles. The van der Waals surface area contributed by atoms with Crippen LogP contribution in [0.25, 0.3) is 26.9 Å². The van der Waals surface area contributed by atoms with Gasteiger partial charge >= 0.3 is 12.1 Å². The van der Waals surface area contributed by atoms with Crippen molar-refractivity contribution < 1.29 is 37.3 Å². The molecule has 11 nitrogen and oxygen atoms in total. The number of likely N-dealkylation sites (N-methyl/N-ethyl adjacent to an activating group) is 1. The quantitative estimate of drug-likeness (QED) is 0.111. The van der Waals surface area contributed by atoms with Crippen LogP contribution in [0.2, 0.25) is 0 Å². The largest absolute Gasteiger partial charge is 0.495 e. The third-order valence-electron chi connectivity index (χ3n) is 9.91. The van der Waals surface area contributed by atoms with Gasteiger partial charge in [-0.3, -0.25) is 14.6 Å². The first-order chi connectivity index (χ1) is 26.9. The smallest absolute Gasteiger partial charge is 0.408 e. The van der Waals surface area contributed by atoms with Crippen LogP contribution in [-0.2, 0) is 29.1 Å². The molecule has 0 spiro atoms. The molecule has 1 saturated heterocycles. The van der Waals surface area contributed by atoms with E-state index in [2.05, 4.69) is 26.3 Å². The van der Waals surface area contributed by atoms with Crippen molar-refractivity contribution >= 4 is 56.1 Å². The molecule has 0 unspecified atom stereocenters. The number of carbonyl (C=O) groups is 1. The molecular formula is C39H40ClF3N6O5S2. The zero-order valence-corrected chi connectivity index (χ0v) is 33.1. The number of aliphatic carboxylic acids is 1. The number of fused-ring (bicyclic) bond motifs is 1. The van der Waals surface area contributed by atoms with E-state index < -0.39 is 24.8 Å². The van der Waals surface area contributed by atoms with Crippen LogP contribution in [0.1, 0.15) is 36.6 Å². The van der Waals surface area contributed by atoms with Crippen LogP contribution in [0.4, 0.5) is 13.2 Å². The highest BCUT2D eigenvalue weighted by Crippen LogP contribution is 2.47. The Balaban J connectivity index is 1.16. The fraction of sp³-hybridized carbons (Fsp3) is 0.385. The third-order valence-corrected chi connectivity index (χ3v) is 11.8. The molecule has 1 aliphatic carbocycles. The summed E-state index contributed by atoms with van der Waals surface area (Å²) in [6, 6.07) is 10.2. The molecule has 1 aromatic carbocycles. The molecule has 1 N–H and O–H groups in total. The summed E-state index contributed by atoms with van der Waals surface area (Å²) < 4.78 is 63.9. The third kappa shape index (κ3) is 9.21. The van der Waals surface area contributed by atoms with Gasteiger partial charge in [0.05, 0.1) is 26.5 Å². The van der Waals surface area contributed by atoms with Gasteiger partial charge in [-0.15, -0.1) is 0 Å². The van der Waals surface area contributed by atoms with Gasteiger partial charge in [0, 0.05) is 74.5 Å². The number of pyridine rings is 1. The first-order valence-electron chi connectivity index (χ1n) is 18.1. The molecule has 7 rings (SSSR count). The number of allylic oxidation sites excluding steroid dienone is 4. The Labute approximate surface area is 334 Å². The number of carboxylic acids is 1. The van der Waals surface area contributed by atoms with Gasteiger partial charge in [0.2, 0.25) is 12.0 Å². The van der Waals surface area contributed by atoms with E-state index in [1.165, 1.54) is 12.3 Å². The van der Waals surface area contributed by atoms with E-state index in [4.69, 9.17) is 30.8 Å². The number of hydrogen-bond donors (Lipinski definition) is 1. The van der Waals surface area contributed by atoms with Crippen molar-refractivity contribution in [3.8, 4) is 22.9 Å². The van der Waals surface area contributed by atoms with Crippen molar-refractivity contribution in [3.63, 3.8) is 0 Å². The number of para-hydroxylation sites is 1. The van der Waals surface area contributed by atoms with Crippen molar-refractivity contribution in [2.24, 2.45) is 0 Å². The fourth-order valence-electron chi connectivity index (χ4n) is 6.87. The average molecular weight is 829 g/mol. The summed E-state index contributed by atoms with van der Waals surface area (Å²) in [5.74, 6) is -0.0257. The van der Waals surface area contributed by atoms with Crippen molar-refractivity contribution in [2.45, 2.75) is 51.6 Å². The summed E-state index contributed by atoms with van der Waals surface area (Å²) in [4.78, 5) is 22.4. The monoisotopic (exact) mass is 828 g/mol. The average Bonchev–Trinajstić information content (AvgIpc) is 3.95. The summed E-state index contributed by atoms with van der Waals surface area (Å²) in [6.45, 7) is 5.92. The SMILES string of the molecule is CC1=C(c2c(-c3ccsc3)ncc3snc(O[C@H](Cc4ccccc4OCc4ccnn4CC(F)(F)F)C(=O)O)c23)CCC(OCCN2CCN(C)CC2)=C1Cl. The number of ether oxygens (including phenoxy) is 3. The van der Waals surface area contributed by atoms with Crippen molar-refractivity contribution in [3.05, 3.63) is 92.7 Å². The summed E-state index contributed by atoms with van der Waals surface area (Å²) in [7, 11) is 2.13. The van der Waals surface area contributed by atoms with Gasteiger partial charge in [-0.05, 0) is 72.2 Å². The maximum absolute atomic E-state index is 13.1. The zero-order valence-electron chi connectivity index (χ0n) is 30.7. The van der Waals surface area contributed by atoms with E-state index in [1.54, 1.807) is 41.8 Å². The first-order valence-corrected chi connectivity index (χ1v) is 20.2. The number of alkyl halides is 3. The van der Waals surface area contributed by atoms with Crippen LogP contribution < -0.4 is 9.47 Å². The molecule has 0 bridgehead atoms. The molecule has 0 radical (unpaired) electrons. The molecule has 17 heteroatoms. The first kappa shape index (κ1) is 39.7. The maximum atomic E-state index is 13.1. The second kappa shape index (κ2) is 17.3. The van der Waals surface area contributed by atoms with Gasteiger partial charge in [0.25, 0.3) is 0 Å². The molecule has 1 fully saturated rings. The van der Waals surface area contributed by atoms with Crippen LogP contribution in [0, 0.1) is 0 Å². The van der Waals surface area contributed by atoms with E-state index in [0.29, 0.717) is 51.6 Å². The van der Waals surface area contributed by atoms with Gasteiger partial charge in [-0.2, -0.15) is 34.0 Å². The molecule has 0 saturated carbocycles. The highest BCUT2D eigenvalue weighted by molar-refractivity contribution is 7.13. The minimum absolute atomic E-state index is 0.116. The standard InChI is InChI=1S/C39H40ClF3N6O5S2/c1-24-28(7-8-30(35(24)40)52-17-16-48-14-12-47(2)13-15-48)33-34-32(20-44-36(33)26-10-18-55-22-26)56-46-37(34)54-31(38(50)51)19-25-5-3-4-6-29(25)53-21-27-9-11-45-49(27)23-39(41,42)43/h3-6,9-11,18,20,22,31H,7-8,12-17,19,21,23H2,1-2H3,(H,50,51)/t31-/m1/s1. The number of aromatic nitrogens is 4. The highest BCUT2D eigenvalue weighted by Gasteiger charge is 2.31. The number of halogens is 4. The number of hydrogen-bond acceptors (Lipinski definition) is 11. The van der Waals surface area contributed by atoms with Gasteiger partial charge in [-0.1, -0.05) is 29.8 Å². The molecule has 0 amide bonds. The van der Waals surface area contributed by atoms with Gasteiger partial charge in [0.1, 0.15) is 31.3 Å². The van der Waals surface area contributed by atoms with Crippen LogP contribution in [0.15, 0.2) is 75.9 Å². The van der Waals surface area contributed by atoms with E-state index in [9.17, 15) is 23.1 Å². The highest BCUT2D eigenvalue weighted by atomic mass is 35.5. The van der Waals surface area contributed by atoms with Crippen molar-refractivity contribution in [1.82, 2.24) is 28.9 Å². The Morgan fingerprint density at radius 2 is 1.89 bits per heavy atom. The van der Waals surface area contributed by atoms with Crippen molar-refractivity contribution in [2.75, 3.05) is 46.4 Å². The zero-order chi connectivity index (χ0) is 39.4. The Bertz CT molecular complexity index is 2230. The second-order valence-electron chi connectivity index (χ2n) is 13.7. The lowest BCUT2D eigenvalue weighted by Crippen LogP contribution is -2.45. The number of benzene rings is 1. The normalized spacial score (nSPS) is 16.5. The van der Waals surface area contributed by atoms with E-state index in [-0.39, 0.29) is 24.6 Å². The van der Waals surface area contributed by atoms with E-state index in [0.717, 1.165) is 77.0 Å². The Morgan fingerprint density at radius 3 is 2.64 bits per heavy atom. The maximum Gasteiger partial charge on any atom is 0.408 e. The number of nitrogens with zero attached hydrogens (tertiary/aromatic N) is 6. The number of piperazine rings is 1. The fourth-order valence-corrected chi connectivity index (χ4v) is 8.47. The predicted molar refractivity (Wildman–Crippen MR) is 210 cm³/mol. The Kier molecular flexibility index (Phi) is 12.3. The lowest BCUT2D eigenvalue weighted by molar-refractivity contribution is -0.145. The van der Waals surface area contributed by atoms with Crippen molar-refractivity contribution in [1.29, 1.82) is 0 Å². The minimum Gasteiger partial charge on any atom is -0.495 e. The molecule has 1 aliphatic heterocycles. The molecule has 5 aromatic rings. The lowest BCUT2D eigenvalue weighted by Gasteiger charge is -2.32. The number of rotatable bonds is 15. The molecule has 56 heavy (non-hydrogen) atoms. The summed E-state index contributed by atoms with van der Waals surface area (Å²) >= 11 is 9.76. The van der Waals surface area contributed by atoms with E-state index in [1.807, 2.05) is 23.8 Å². The molecular weight excluding hydrogens is 789 g/mol. The molecule has 1 atom stereocenters. The topological polar surface area (TPSA) is 115 Å². The van der Waals surface area contributed by atoms with E-state index >= 15 is 0 Å². The molecule has 5 heterocycles. The Morgan fingerprint density at radius 1 is 1.09 bits per heavy atom. The summed E-state index contributed by atoms with van der Waals surface area (Å²) in [5, 5.41) is 19.4. The second-order valence-corrected chi connectivity index (χ2v) is 15.7. The van der Waals surface area contributed by atoms with Gasteiger partial charge in [0.15, 0.2) is 0 Å². The summed E-state index contributed by atoms with van der Waals surface area (Å²) in [5.41, 5.74) is 4.87. The van der Waals surface area contributed by atoms with Crippen LogP contribution in [0.3, 0.4) is 0 Å². The van der Waals surface area contributed by atoms with Crippen LogP contribution in [-0.4, -0.2) is 98.7 Å². The minimum atomic E-state index is -4.46. The number of thiophene rings is 1. The van der Waals surface area contributed by atoms with Gasteiger partial charge in [-0.25, -0.2) is 4.79 Å². The Hall–Kier alpha value is -4.48. The number of carboxylic acid groups (broad SMARTS) is 1. The lowest BCUT2D eigenvalue weighted by atomic mass is 9.87. The van der Waals surface area contributed by atoms with Crippen LogP contribution >= 0.6 is 34.5 Å². The predicted octanol–water partition coefficient (Wildman–Crippen LogP) is 8.11. The summed E-state index contributed by atoms with van der Waals surface area (Å²) in [6.07, 6.45) is -1.79. The van der Waals surface area contributed by atoms with Crippen LogP contribution in [0.5, 0.6) is 11.6 Å².